The summed E-state index contributed by atoms with van der Waals surface area (Å²) < 4.78 is 31.6. The molecule has 3 aliphatic rings. The van der Waals surface area contributed by atoms with Crippen LogP contribution in [0.3, 0.4) is 0 Å². The standard InChI is InChI=1S/C32H33N5O7.C25H30N2O5.C24H28O7.CH3I.CH4/c1-5-28(38)19-10-12-21-22-13-11-20(29(39)33-14-15-34-30(40)43-32(2,3)4)17-24(22)25(23(21)16-19)18-42-31(41)44-37-27-9-7-6-8-26(27)35-36-37;1-5-22(29)15-6-8-17-18-9-7-16(13-20(18)21(14-28)19(17)12-15)23(30)26-10-11-27-24(31)32-25(2,3)4;1-29-9-10-31-12-11-30-8-2-3-23(26)16-4-6-18-19-7-5-17(24(27)28)14-21(19)22(15-25)20(18)13-16;1-2;/h6-13,16-17,25H,5,14-15,18H2,1-4H3,(H,33,39)(H,34,40);6-9,12-13,21,28H,5,10-11,14H2,1-4H3,(H,26,30)(H,27,31);4-7,13-14,22,25H,2-3,8-12,15H2,1H3,(H,27,28);1H3;1H4. The SMILES string of the molecule is C.CCC(=O)c1ccc2c(c1)C(CO)c1cc(C(=O)NCCNC(=O)OC(C)(C)C)ccc1-2.CCC(=O)c1ccc2c(c1)C(COC(=O)On1nnc3ccccc31)c1cc(C(=O)NCCNC(=O)OC(C)(C)C)ccc1-2.CI.COCCOCCOCCCC(=O)c1ccc2c(c1)C(CO)c1cc(C(=O)O)ccc1-2. The first-order valence-electron chi connectivity index (χ1n) is 35.8. The third kappa shape index (κ3) is 22.9. The smallest absolute Gasteiger partial charge is 0.478 e. The number of carbonyl (C=O) groups excluding carboxylic acids is 8. The molecule has 3 unspecified atom stereocenters. The highest BCUT2D eigenvalue weighted by Gasteiger charge is 2.35. The van der Waals surface area contributed by atoms with E-state index < -0.39 is 41.4 Å². The second-order valence-corrected chi connectivity index (χ2v) is 27.4. The van der Waals surface area contributed by atoms with Gasteiger partial charge in [-0.25, -0.2) is 19.2 Å². The van der Waals surface area contributed by atoms with E-state index in [1.54, 1.807) is 134 Å². The second kappa shape index (κ2) is 40.9. The van der Waals surface area contributed by atoms with Crippen LogP contribution in [0.25, 0.3) is 44.4 Å². The fourth-order valence-electron chi connectivity index (χ4n) is 12.6. The molecule has 110 heavy (non-hydrogen) atoms. The predicted molar refractivity (Wildman–Crippen MR) is 424 cm³/mol. The predicted octanol–water partition coefficient (Wildman–Crippen LogP) is 13.1. The number of rotatable bonds is 29. The molecule has 0 bridgehead atoms. The van der Waals surface area contributed by atoms with Gasteiger partial charge < -0.3 is 65.0 Å². The first kappa shape index (κ1) is 86.9. The number of fused-ring (bicyclic) bond motifs is 10. The van der Waals surface area contributed by atoms with Gasteiger partial charge >= 0.3 is 24.3 Å². The molecule has 586 valence electrons. The van der Waals surface area contributed by atoms with Crippen LogP contribution >= 0.6 is 22.6 Å². The molecule has 3 atom stereocenters. The fraction of sp³-hybridized carbons (Fsp3) is 0.386. The molecule has 1 aromatic heterocycles. The number of aliphatic hydroxyl groups excluding tert-OH is 2. The number of nitrogens with one attached hydrogen (secondary N) is 4. The molecule has 0 saturated heterocycles. The van der Waals surface area contributed by atoms with Crippen LogP contribution in [-0.4, -0.2) is 186 Å². The Kier molecular flexibility index (Phi) is 32.4. The molecule has 0 spiro atoms. The monoisotopic (exact) mass is 1620 g/mol. The van der Waals surface area contributed by atoms with Gasteiger partial charge in [0.15, 0.2) is 17.3 Å². The molecule has 0 radical (unpaired) electrons. The van der Waals surface area contributed by atoms with Gasteiger partial charge in [-0.2, -0.15) is 0 Å². The number of amides is 4. The number of nitrogens with zero attached hydrogens (tertiary/aromatic N) is 3. The number of para-hydroxylation sites is 1. The van der Waals surface area contributed by atoms with Crippen LogP contribution < -0.4 is 26.1 Å². The number of benzene rings is 7. The zero-order valence-electron chi connectivity index (χ0n) is 62.8. The summed E-state index contributed by atoms with van der Waals surface area (Å²) in [4.78, 5) is 119. The van der Waals surface area contributed by atoms with Crippen LogP contribution in [0, 0.1) is 0 Å². The zero-order chi connectivity index (χ0) is 79.1. The number of Topliss-reactive ketones (excluding diaryl/α,β-unsaturated/α-hetero) is 3. The molecule has 27 heteroatoms. The number of halogens is 1. The summed E-state index contributed by atoms with van der Waals surface area (Å²) in [6.45, 7) is 17.3. The van der Waals surface area contributed by atoms with Crippen molar-refractivity contribution in [2.75, 3.05) is 91.1 Å². The summed E-state index contributed by atoms with van der Waals surface area (Å²) in [6.07, 6.45) is -0.346. The zero-order valence-corrected chi connectivity index (χ0v) is 65.0. The number of hydrogen-bond donors (Lipinski definition) is 7. The van der Waals surface area contributed by atoms with Gasteiger partial charge in [0.1, 0.15) is 28.8 Å². The second-order valence-electron chi connectivity index (χ2n) is 27.4. The molecule has 7 N–H and O–H groups in total. The van der Waals surface area contributed by atoms with Crippen LogP contribution in [0.1, 0.15) is 202 Å². The van der Waals surface area contributed by atoms with Crippen molar-refractivity contribution in [3.63, 3.8) is 0 Å². The van der Waals surface area contributed by atoms with E-state index in [9.17, 15) is 58.5 Å². The number of alkyl halides is 1. The molecule has 0 saturated carbocycles. The summed E-state index contributed by atoms with van der Waals surface area (Å²) in [6, 6.07) is 39.2. The lowest BCUT2D eigenvalue weighted by Gasteiger charge is -2.19. The van der Waals surface area contributed by atoms with E-state index in [0.29, 0.717) is 97.6 Å². The third-order valence-electron chi connectivity index (χ3n) is 17.7. The highest BCUT2D eigenvalue weighted by atomic mass is 127. The Bertz CT molecular complexity index is 4600. The number of aromatic carboxylic acids is 1. The van der Waals surface area contributed by atoms with Crippen LogP contribution in [-0.2, 0) is 28.4 Å². The van der Waals surface area contributed by atoms with Crippen molar-refractivity contribution in [2.45, 2.75) is 117 Å². The maximum absolute atomic E-state index is 13.0. The Morgan fingerprint density at radius 2 is 0.855 bits per heavy atom. The minimum atomic E-state index is -1.00. The number of aliphatic hydroxyl groups is 2. The van der Waals surface area contributed by atoms with Gasteiger partial charge in [-0.05, 0) is 192 Å². The van der Waals surface area contributed by atoms with E-state index >= 15 is 0 Å². The molecule has 26 nitrogen and oxygen atoms in total. The van der Waals surface area contributed by atoms with Crippen molar-refractivity contribution in [3.8, 4) is 33.4 Å². The Labute approximate surface area is 653 Å². The van der Waals surface area contributed by atoms with E-state index in [-0.39, 0.29) is 100.0 Å². The lowest BCUT2D eigenvalue weighted by atomic mass is 9.94. The van der Waals surface area contributed by atoms with E-state index in [1.165, 1.54) is 0 Å². The lowest BCUT2D eigenvalue weighted by molar-refractivity contribution is 0.0240. The Morgan fingerprint density at radius 3 is 1.27 bits per heavy atom. The number of alkyl carbamates (subject to hydrolysis) is 2. The normalized spacial score (nSPS) is 13.7. The molecular formula is C83H98IN7O19. The van der Waals surface area contributed by atoms with Crippen molar-refractivity contribution in [3.05, 3.63) is 200 Å². The Hall–Kier alpha value is -10.3. The topological polar surface area (TPSA) is 358 Å². The fourth-order valence-corrected chi connectivity index (χ4v) is 12.6. The first-order valence-corrected chi connectivity index (χ1v) is 38.0. The number of ketones is 3. The van der Waals surface area contributed by atoms with Crippen LogP contribution in [0.2, 0.25) is 0 Å². The highest BCUT2D eigenvalue weighted by Crippen LogP contribution is 2.48. The Morgan fingerprint density at radius 1 is 0.482 bits per heavy atom. The first-order chi connectivity index (χ1) is 52.2. The van der Waals surface area contributed by atoms with Crippen LogP contribution in [0.15, 0.2) is 133 Å². The van der Waals surface area contributed by atoms with Crippen molar-refractivity contribution >= 4 is 87.1 Å². The van der Waals surface area contributed by atoms with Gasteiger partial charge in [0.25, 0.3) is 11.8 Å². The molecule has 11 rings (SSSR count). The summed E-state index contributed by atoms with van der Waals surface area (Å²) in [5.74, 6) is -2.64. The quantitative estimate of drug-likeness (QED) is 0.00435. The number of carbonyl (C=O) groups is 9. The van der Waals surface area contributed by atoms with Crippen molar-refractivity contribution in [1.29, 1.82) is 0 Å². The van der Waals surface area contributed by atoms with Crippen molar-refractivity contribution in [1.82, 2.24) is 36.4 Å². The van der Waals surface area contributed by atoms with Crippen LogP contribution in [0.5, 0.6) is 0 Å². The maximum Gasteiger partial charge on any atom is 0.535 e. The van der Waals surface area contributed by atoms with E-state index in [4.69, 9.17) is 33.3 Å². The number of ether oxygens (including phenoxy) is 6. The summed E-state index contributed by atoms with van der Waals surface area (Å²) >= 11 is 2.15. The van der Waals surface area contributed by atoms with Crippen molar-refractivity contribution in [2.24, 2.45) is 0 Å². The number of hydrogen-bond acceptors (Lipinski definition) is 20. The summed E-state index contributed by atoms with van der Waals surface area (Å²) in [7, 11) is 1.62. The minimum Gasteiger partial charge on any atom is -0.478 e. The number of methoxy groups -OCH3 is 1. The maximum atomic E-state index is 13.0. The van der Waals surface area contributed by atoms with Crippen LogP contribution in [0.4, 0.5) is 14.4 Å². The minimum absolute atomic E-state index is 0. The molecular weight excluding hydrogens is 1530 g/mol. The molecule has 0 fully saturated rings. The lowest BCUT2D eigenvalue weighted by Crippen LogP contribution is -2.37. The highest BCUT2D eigenvalue weighted by molar-refractivity contribution is 14.1. The average Bonchev–Trinajstić information content (AvgIpc) is 1.62. The molecule has 0 aliphatic heterocycles. The summed E-state index contributed by atoms with van der Waals surface area (Å²) in [5, 5.41) is 47.8. The number of aromatic nitrogens is 3. The number of carboxylic acid groups (broad SMARTS) is 1. The van der Waals surface area contributed by atoms with E-state index in [1.807, 2.05) is 66.5 Å². The molecule has 8 aromatic rings. The van der Waals surface area contributed by atoms with E-state index in [0.717, 1.165) is 71.6 Å². The van der Waals surface area contributed by atoms with Gasteiger partial charge in [0.2, 0.25) is 0 Å². The summed E-state index contributed by atoms with van der Waals surface area (Å²) in [5.41, 5.74) is 13.1. The van der Waals surface area contributed by atoms with Gasteiger partial charge in [-0.1, -0.05) is 115 Å². The molecule has 1 heterocycles. The molecule has 3 aliphatic carbocycles. The van der Waals surface area contributed by atoms with Gasteiger partial charge in [-0.3, -0.25) is 28.8 Å². The van der Waals surface area contributed by atoms with Gasteiger partial charge in [0.05, 0.1) is 45.2 Å². The van der Waals surface area contributed by atoms with E-state index in [2.05, 4.69) is 54.2 Å². The Balaban J connectivity index is 0.000000231. The number of carboxylic acids is 1. The molecule has 7 aromatic carbocycles. The van der Waals surface area contributed by atoms with Gasteiger partial charge in [-0.15, -0.1) is 5.10 Å². The van der Waals surface area contributed by atoms with Gasteiger partial charge in [0, 0.05) is 105 Å². The average molecular weight is 1620 g/mol. The third-order valence-corrected chi connectivity index (χ3v) is 17.7. The molecule has 4 amide bonds. The largest absolute Gasteiger partial charge is 0.535 e. The van der Waals surface area contributed by atoms with Crippen molar-refractivity contribution < 1.29 is 91.7 Å².